The van der Waals surface area contributed by atoms with E-state index < -0.39 is 17.5 Å². The van der Waals surface area contributed by atoms with Gasteiger partial charge in [0.05, 0.1) is 6.04 Å². The molecule has 2 aromatic rings. The van der Waals surface area contributed by atoms with E-state index in [1.165, 1.54) is 29.2 Å². The molecule has 0 spiro atoms. The topological polar surface area (TPSA) is 79.4 Å². The summed E-state index contributed by atoms with van der Waals surface area (Å²) >= 11 is 6.11. The first kappa shape index (κ1) is 28.7. The number of piperidine rings is 1. The SMILES string of the molecule is CN(C(=O)Oc1ccc(F)cc1)[C@@H]1CN(C(=O)C2CCN(C(=O)OC(C)(C)C)CC2)C[C@H]1c1ccc(Cl)cc1. The number of nitrogens with zero attached hydrogens (tertiary/aromatic N) is 3. The number of benzene rings is 2. The fourth-order valence-electron chi connectivity index (χ4n) is 5.10. The molecule has 0 radical (unpaired) electrons. The molecule has 2 aliphatic rings. The number of hydrogen-bond donors (Lipinski definition) is 0. The summed E-state index contributed by atoms with van der Waals surface area (Å²) in [6.45, 7) is 7.16. The zero-order valence-electron chi connectivity index (χ0n) is 22.7. The lowest BCUT2D eigenvalue weighted by Crippen LogP contribution is -2.46. The third-order valence-corrected chi connectivity index (χ3v) is 7.45. The van der Waals surface area contributed by atoms with Gasteiger partial charge in [0, 0.05) is 50.1 Å². The Balaban J connectivity index is 1.45. The molecule has 2 aliphatic heterocycles. The molecule has 10 heteroatoms. The lowest BCUT2D eigenvalue weighted by Gasteiger charge is -2.34. The van der Waals surface area contributed by atoms with Crippen LogP contribution in [-0.4, -0.2) is 77.7 Å². The van der Waals surface area contributed by atoms with Crippen molar-refractivity contribution in [3.8, 4) is 5.75 Å². The Morgan fingerprint density at radius 3 is 2.15 bits per heavy atom. The van der Waals surface area contributed by atoms with E-state index in [9.17, 15) is 18.8 Å². The molecule has 2 fully saturated rings. The van der Waals surface area contributed by atoms with Crippen LogP contribution < -0.4 is 4.74 Å². The van der Waals surface area contributed by atoms with Crippen LogP contribution in [0.2, 0.25) is 5.02 Å². The molecular formula is C29H35ClFN3O5. The van der Waals surface area contributed by atoms with Gasteiger partial charge in [-0.3, -0.25) is 4.79 Å². The van der Waals surface area contributed by atoms with Crippen molar-refractivity contribution >= 4 is 29.7 Å². The molecule has 2 aromatic carbocycles. The Kier molecular flexibility index (Phi) is 8.69. The average molecular weight is 560 g/mol. The van der Waals surface area contributed by atoms with Crippen LogP contribution in [0.4, 0.5) is 14.0 Å². The van der Waals surface area contributed by atoms with Crippen LogP contribution in [0.1, 0.15) is 45.1 Å². The van der Waals surface area contributed by atoms with E-state index in [0.29, 0.717) is 44.0 Å². The van der Waals surface area contributed by atoms with Crippen molar-refractivity contribution in [2.75, 3.05) is 33.2 Å². The minimum Gasteiger partial charge on any atom is -0.444 e. The van der Waals surface area contributed by atoms with E-state index in [-0.39, 0.29) is 35.6 Å². The maximum atomic E-state index is 13.6. The molecule has 0 saturated carbocycles. The number of amides is 3. The van der Waals surface area contributed by atoms with E-state index in [2.05, 4.69) is 0 Å². The zero-order valence-corrected chi connectivity index (χ0v) is 23.5. The molecule has 39 heavy (non-hydrogen) atoms. The van der Waals surface area contributed by atoms with Gasteiger partial charge in [0.2, 0.25) is 5.91 Å². The predicted molar refractivity (Wildman–Crippen MR) is 145 cm³/mol. The van der Waals surface area contributed by atoms with E-state index in [1.807, 2.05) is 32.9 Å². The van der Waals surface area contributed by atoms with Gasteiger partial charge < -0.3 is 24.2 Å². The number of halogens is 2. The lowest BCUT2D eigenvalue weighted by atomic mass is 9.93. The average Bonchev–Trinajstić information content (AvgIpc) is 3.34. The van der Waals surface area contributed by atoms with Gasteiger partial charge in [0.25, 0.3) is 0 Å². The van der Waals surface area contributed by atoms with Crippen LogP contribution in [0.15, 0.2) is 48.5 Å². The van der Waals surface area contributed by atoms with Gasteiger partial charge in [0.1, 0.15) is 17.2 Å². The quantitative estimate of drug-likeness (QED) is 0.490. The molecule has 8 nitrogen and oxygen atoms in total. The monoisotopic (exact) mass is 559 g/mol. The van der Waals surface area contributed by atoms with Crippen LogP contribution in [0.3, 0.4) is 0 Å². The first-order chi connectivity index (χ1) is 18.4. The standard InChI is InChI=1S/C29H35ClFN3O5/c1-29(2,3)39-28(37)33-15-13-20(14-16-33)26(35)34-17-24(19-5-7-21(30)8-6-19)25(18-34)32(4)27(36)38-23-11-9-22(31)10-12-23/h5-12,20,24-25H,13-18H2,1-4H3/t24-,25+/m0/s1. The number of likely N-dealkylation sites (N-methyl/N-ethyl adjacent to an activating group) is 1. The van der Waals surface area contributed by atoms with Crippen LogP contribution in [-0.2, 0) is 9.53 Å². The van der Waals surface area contributed by atoms with Gasteiger partial charge >= 0.3 is 12.2 Å². The third-order valence-electron chi connectivity index (χ3n) is 7.20. The van der Waals surface area contributed by atoms with E-state index >= 15 is 0 Å². The summed E-state index contributed by atoms with van der Waals surface area (Å²) < 4.78 is 24.2. The minimum absolute atomic E-state index is 0.0144. The van der Waals surface area contributed by atoms with Gasteiger partial charge in [-0.25, -0.2) is 14.0 Å². The Morgan fingerprint density at radius 2 is 1.56 bits per heavy atom. The molecule has 0 aliphatic carbocycles. The van der Waals surface area contributed by atoms with Gasteiger partial charge in [-0.2, -0.15) is 0 Å². The summed E-state index contributed by atoms with van der Waals surface area (Å²) in [5.41, 5.74) is 0.385. The van der Waals surface area contributed by atoms with Gasteiger partial charge in [-0.15, -0.1) is 0 Å². The molecule has 2 saturated heterocycles. The van der Waals surface area contributed by atoms with Crippen molar-refractivity contribution in [1.29, 1.82) is 0 Å². The van der Waals surface area contributed by atoms with E-state index in [1.54, 1.807) is 29.0 Å². The molecule has 0 bridgehead atoms. The van der Waals surface area contributed by atoms with Crippen molar-refractivity contribution < 1.29 is 28.2 Å². The maximum absolute atomic E-state index is 13.6. The van der Waals surface area contributed by atoms with Gasteiger partial charge in [-0.05, 0) is 75.6 Å². The summed E-state index contributed by atoms with van der Waals surface area (Å²) in [5, 5.41) is 0.599. The molecule has 4 rings (SSSR count). The lowest BCUT2D eigenvalue weighted by molar-refractivity contribution is -0.136. The second-order valence-corrected chi connectivity index (χ2v) is 11.6. The Labute approximate surface area is 233 Å². The highest BCUT2D eigenvalue weighted by atomic mass is 35.5. The fourth-order valence-corrected chi connectivity index (χ4v) is 5.23. The Hall–Kier alpha value is -3.33. The van der Waals surface area contributed by atoms with Crippen molar-refractivity contribution in [1.82, 2.24) is 14.7 Å². The van der Waals surface area contributed by atoms with Gasteiger partial charge in [0.15, 0.2) is 0 Å². The molecule has 2 atom stereocenters. The third kappa shape index (κ3) is 7.20. The molecule has 0 unspecified atom stereocenters. The zero-order chi connectivity index (χ0) is 28.3. The maximum Gasteiger partial charge on any atom is 0.415 e. The van der Waals surface area contributed by atoms with Crippen LogP contribution in [0.25, 0.3) is 0 Å². The van der Waals surface area contributed by atoms with Crippen LogP contribution in [0.5, 0.6) is 5.75 Å². The van der Waals surface area contributed by atoms with Crippen molar-refractivity contribution in [2.45, 2.75) is 51.2 Å². The molecular weight excluding hydrogens is 525 g/mol. The molecule has 2 heterocycles. The number of carbonyl (C=O) groups is 3. The van der Waals surface area contributed by atoms with E-state index in [0.717, 1.165) is 5.56 Å². The van der Waals surface area contributed by atoms with E-state index in [4.69, 9.17) is 21.1 Å². The Bertz CT molecular complexity index is 1180. The van der Waals surface area contributed by atoms with Crippen molar-refractivity contribution in [3.63, 3.8) is 0 Å². The molecule has 0 aromatic heterocycles. The van der Waals surface area contributed by atoms with Crippen molar-refractivity contribution in [3.05, 3.63) is 64.9 Å². The largest absolute Gasteiger partial charge is 0.444 e. The summed E-state index contributed by atoms with van der Waals surface area (Å²) in [5.74, 6) is -0.545. The number of rotatable bonds is 4. The number of carbonyl (C=O) groups excluding carboxylic acids is 3. The minimum atomic E-state index is -0.592. The molecule has 210 valence electrons. The second-order valence-electron chi connectivity index (χ2n) is 11.1. The normalized spacial score (nSPS) is 20.1. The summed E-state index contributed by atoms with van der Waals surface area (Å²) in [7, 11) is 1.65. The van der Waals surface area contributed by atoms with Gasteiger partial charge in [-0.1, -0.05) is 23.7 Å². The summed E-state index contributed by atoms with van der Waals surface area (Å²) in [6, 6.07) is 12.3. The first-order valence-electron chi connectivity index (χ1n) is 13.1. The van der Waals surface area contributed by atoms with Crippen LogP contribution in [0, 0.1) is 11.7 Å². The highest BCUT2D eigenvalue weighted by Crippen LogP contribution is 2.34. The number of likely N-dealkylation sites (tertiary alicyclic amines) is 2. The number of hydrogen-bond acceptors (Lipinski definition) is 5. The fraction of sp³-hybridized carbons (Fsp3) is 0.483. The van der Waals surface area contributed by atoms with Crippen LogP contribution >= 0.6 is 11.6 Å². The summed E-state index contributed by atoms with van der Waals surface area (Å²) in [6.07, 6.45) is 0.143. The smallest absolute Gasteiger partial charge is 0.415 e. The molecule has 0 N–H and O–H groups in total. The number of ether oxygens (including phenoxy) is 2. The van der Waals surface area contributed by atoms with Crippen molar-refractivity contribution in [2.24, 2.45) is 5.92 Å². The molecule has 3 amide bonds. The highest BCUT2D eigenvalue weighted by molar-refractivity contribution is 6.30. The predicted octanol–water partition coefficient (Wildman–Crippen LogP) is 5.55. The Morgan fingerprint density at radius 1 is 0.949 bits per heavy atom. The summed E-state index contributed by atoms with van der Waals surface area (Å²) in [4.78, 5) is 44.0. The highest BCUT2D eigenvalue weighted by Gasteiger charge is 2.42. The first-order valence-corrected chi connectivity index (χ1v) is 13.5. The second kappa shape index (κ2) is 11.8.